The number of rotatable bonds is 6. The van der Waals surface area contributed by atoms with Crippen molar-refractivity contribution in [2.24, 2.45) is 5.92 Å². The summed E-state index contributed by atoms with van der Waals surface area (Å²) in [5.74, 6) is -0.380. The van der Waals surface area contributed by atoms with Crippen LogP contribution in [0.15, 0.2) is 0 Å². The molecule has 0 spiro atoms. The molecule has 8 nitrogen and oxygen atoms in total. The van der Waals surface area contributed by atoms with Crippen LogP contribution in [0, 0.1) is 5.92 Å². The first-order valence-electron chi connectivity index (χ1n) is 10.3. The number of hydrogen-bond acceptors (Lipinski definition) is 6. The summed E-state index contributed by atoms with van der Waals surface area (Å²) in [6.07, 6.45) is 4.91. The molecule has 0 aromatic rings. The molecular weight excluding hydrogens is 362 g/mol. The SMILES string of the molecule is CCOC(=O)C(C1CCCCC1)N1NC(CN(C)C(=O)OC(C)(C)C)CC1=O. The van der Waals surface area contributed by atoms with E-state index in [9.17, 15) is 14.4 Å². The molecule has 8 heteroatoms. The standard InChI is InChI=1S/C20H35N3O5/c1-6-27-18(25)17(14-10-8-7-9-11-14)23-16(24)12-15(21-23)13-22(5)19(26)28-20(2,3)4/h14-15,17,21H,6-13H2,1-5H3. The lowest BCUT2D eigenvalue weighted by atomic mass is 9.83. The Hall–Kier alpha value is -1.83. The predicted octanol–water partition coefficient (Wildman–Crippen LogP) is 2.47. The van der Waals surface area contributed by atoms with Crippen LogP contribution in [0.5, 0.6) is 0 Å². The van der Waals surface area contributed by atoms with Crippen LogP contribution in [0.2, 0.25) is 0 Å². The third kappa shape index (κ3) is 6.09. The number of amides is 2. The highest BCUT2D eigenvalue weighted by Crippen LogP contribution is 2.31. The van der Waals surface area contributed by atoms with Gasteiger partial charge in [0.05, 0.1) is 12.6 Å². The van der Waals surface area contributed by atoms with E-state index in [-0.39, 0.29) is 36.9 Å². The van der Waals surface area contributed by atoms with Crippen LogP contribution in [0.1, 0.15) is 66.2 Å². The molecule has 2 rings (SSSR count). The van der Waals surface area contributed by atoms with Crippen molar-refractivity contribution in [1.82, 2.24) is 15.3 Å². The van der Waals surface area contributed by atoms with Gasteiger partial charge in [-0.05, 0) is 46.5 Å². The van der Waals surface area contributed by atoms with Crippen molar-refractivity contribution in [2.75, 3.05) is 20.2 Å². The van der Waals surface area contributed by atoms with E-state index in [2.05, 4.69) is 5.43 Å². The molecule has 1 saturated heterocycles. The van der Waals surface area contributed by atoms with E-state index in [1.165, 1.54) is 9.91 Å². The van der Waals surface area contributed by atoms with Crippen LogP contribution in [0.3, 0.4) is 0 Å². The largest absolute Gasteiger partial charge is 0.464 e. The number of hydrogen-bond donors (Lipinski definition) is 1. The highest BCUT2D eigenvalue weighted by Gasteiger charge is 2.43. The first kappa shape index (κ1) is 22.5. The van der Waals surface area contributed by atoms with Crippen molar-refractivity contribution >= 4 is 18.0 Å². The predicted molar refractivity (Wildman–Crippen MR) is 104 cm³/mol. The van der Waals surface area contributed by atoms with Crippen LogP contribution in [0.25, 0.3) is 0 Å². The molecule has 2 atom stereocenters. The molecule has 0 aromatic carbocycles. The van der Waals surface area contributed by atoms with Gasteiger partial charge in [0.15, 0.2) is 0 Å². The Morgan fingerprint density at radius 2 is 1.89 bits per heavy atom. The minimum atomic E-state index is -0.607. The Balaban J connectivity index is 2.03. The number of esters is 1. The summed E-state index contributed by atoms with van der Waals surface area (Å²) >= 11 is 0. The summed E-state index contributed by atoms with van der Waals surface area (Å²) in [5.41, 5.74) is 2.58. The molecule has 2 aliphatic rings. The van der Waals surface area contributed by atoms with Crippen LogP contribution in [-0.2, 0) is 19.1 Å². The number of hydrazine groups is 1. The molecule has 2 amide bonds. The second kappa shape index (κ2) is 9.58. The third-order valence-electron chi connectivity index (χ3n) is 5.11. The Morgan fingerprint density at radius 1 is 1.25 bits per heavy atom. The van der Waals surface area contributed by atoms with E-state index in [1.54, 1.807) is 14.0 Å². The zero-order valence-corrected chi connectivity index (χ0v) is 17.8. The average molecular weight is 398 g/mol. The van der Waals surface area contributed by atoms with E-state index in [1.807, 2.05) is 20.8 Å². The van der Waals surface area contributed by atoms with E-state index in [0.29, 0.717) is 6.54 Å². The summed E-state index contributed by atoms with van der Waals surface area (Å²) < 4.78 is 10.6. The molecule has 0 radical (unpaired) electrons. The number of ether oxygens (including phenoxy) is 2. The zero-order chi connectivity index (χ0) is 20.9. The third-order valence-corrected chi connectivity index (χ3v) is 5.11. The normalized spacial score (nSPS) is 22.1. The first-order chi connectivity index (χ1) is 13.1. The van der Waals surface area contributed by atoms with E-state index < -0.39 is 17.7 Å². The molecule has 1 N–H and O–H groups in total. The van der Waals surface area contributed by atoms with Gasteiger partial charge in [0.25, 0.3) is 0 Å². The van der Waals surface area contributed by atoms with Crippen molar-refractivity contribution in [3.05, 3.63) is 0 Å². The van der Waals surface area contributed by atoms with Crippen LogP contribution >= 0.6 is 0 Å². The van der Waals surface area contributed by atoms with Crippen molar-refractivity contribution in [1.29, 1.82) is 0 Å². The first-order valence-corrected chi connectivity index (χ1v) is 10.3. The lowest BCUT2D eigenvalue weighted by molar-refractivity contribution is -0.158. The van der Waals surface area contributed by atoms with E-state index in [0.717, 1.165) is 32.1 Å². The van der Waals surface area contributed by atoms with E-state index >= 15 is 0 Å². The minimum Gasteiger partial charge on any atom is -0.464 e. The maximum absolute atomic E-state index is 12.7. The molecule has 1 aliphatic heterocycles. The summed E-state index contributed by atoms with van der Waals surface area (Å²) in [5, 5.41) is 1.46. The molecule has 0 bridgehead atoms. The van der Waals surface area contributed by atoms with Crippen molar-refractivity contribution in [3.8, 4) is 0 Å². The molecule has 2 fully saturated rings. The van der Waals surface area contributed by atoms with Crippen LogP contribution in [0.4, 0.5) is 4.79 Å². The average Bonchev–Trinajstić information content (AvgIpc) is 2.95. The van der Waals surface area contributed by atoms with Gasteiger partial charge in [-0.3, -0.25) is 9.80 Å². The molecule has 160 valence electrons. The maximum atomic E-state index is 12.7. The van der Waals surface area contributed by atoms with Gasteiger partial charge < -0.3 is 14.4 Å². The van der Waals surface area contributed by atoms with Crippen LogP contribution < -0.4 is 5.43 Å². The summed E-state index contributed by atoms with van der Waals surface area (Å²) in [6.45, 7) is 7.81. The van der Waals surface area contributed by atoms with Gasteiger partial charge in [-0.25, -0.2) is 15.0 Å². The summed E-state index contributed by atoms with van der Waals surface area (Å²) in [7, 11) is 1.65. The number of carbonyl (C=O) groups excluding carboxylic acids is 3. The molecule has 1 heterocycles. The Morgan fingerprint density at radius 3 is 2.46 bits per heavy atom. The quantitative estimate of drug-likeness (QED) is 0.693. The number of nitrogens with zero attached hydrogens (tertiary/aromatic N) is 2. The molecule has 0 aromatic heterocycles. The molecule has 1 aliphatic carbocycles. The fraction of sp³-hybridized carbons (Fsp3) is 0.850. The van der Waals surface area contributed by atoms with Gasteiger partial charge in [-0.15, -0.1) is 0 Å². The number of carbonyl (C=O) groups is 3. The number of nitrogens with one attached hydrogen (secondary N) is 1. The van der Waals surface area contributed by atoms with Crippen molar-refractivity contribution in [2.45, 2.75) is 83.9 Å². The topological polar surface area (TPSA) is 88.2 Å². The molecular formula is C20H35N3O5. The van der Waals surface area contributed by atoms with E-state index in [4.69, 9.17) is 9.47 Å². The van der Waals surface area contributed by atoms with Gasteiger partial charge in [0, 0.05) is 20.0 Å². The lowest BCUT2D eigenvalue weighted by Crippen LogP contribution is -2.54. The fourth-order valence-electron chi connectivity index (χ4n) is 3.90. The maximum Gasteiger partial charge on any atom is 0.410 e. The van der Waals surface area contributed by atoms with Crippen LogP contribution in [-0.4, -0.2) is 65.8 Å². The Bertz CT molecular complexity index is 569. The highest BCUT2D eigenvalue weighted by atomic mass is 16.6. The van der Waals surface area contributed by atoms with Crippen molar-refractivity contribution in [3.63, 3.8) is 0 Å². The monoisotopic (exact) mass is 397 g/mol. The number of likely N-dealkylation sites (N-methyl/N-ethyl adjacent to an activating group) is 1. The van der Waals surface area contributed by atoms with Gasteiger partial charge >= 0.3 is 12.1 Å². The van der Waals surface area contributed by atoms with Crippen molar-refractivity contribution < 1.29 is 23.9 Å². The van der Waals surface area contributed by atoms with Gasteiger partial charge in [0.2, 0.25) is 5.91 Å². The molecule has 2 unspecified atom stereocenters. The van der Waals surface area contributed by atoms with Gasteiger partial charge in [0.1, 0.15) is 11.6 Å². The second-order valence-electron chi connectivity index (χ2n) is 8.75. The summed E-state index contributed by atoms with van der Waals surface area (Å²) in [4.78, 5) is 39.0. The molecule has 28 heavy (non-hydrogen) atoms. The summed E-state index contributed by atoms with van der Waals surface area (Å²) in [6, 6.07) is -0.866. The minimum absolute atomic E-state index is 0.103. The Kier molecular flexibility index (Phi) is 7.69. The smallest absolute Gasteiger partial charge is 0.410 e. The Labute approximate surface area is 167 Å². The highest BCUT2D eigenvalue weighted by molar-refractivity contribution is 5.86. The van der Waals surface area contributed by atoms with Gasteiger partial charge in [-0.2, -0.15) is 0 Å². The lowest BCUT2D eigenvalue weighted by Gasteiger charge is -2.35. The second-order valence-corrected chi connectivity index (χ2v) is 8.75. The molecule has 1 saturated carbocycles. The zero-order valence-electron chi connectivity index (χ0n) is 17.8. The van der Waals surface area contributed by atoms with Gasteiger partial charge in [-0.1, -0.05) is 19.3 Å². The fourth-order valence-corrected chi connectivity index (χ4v) is 3.90.